The Labute approximate surface area is 157 Å². The third-order valence-corrected chi connectivity index (χ3v) is 4.62. The van der Waals surface area contributed by atoms with E-state index in [0.29, 0.717) is 11.3 Å². The number of Topliss-reactive ketones (excluding diaryl/α,β-unsaturated/α-hetero) is 1. The van der Waals surface area contributed by atoms with Crippen LogP contribution in [0.1, 0.15) is 22.3 Å². The number of esters is 1. The predicted molar refractivity (Wildman–Crippen MR) is 99.9 cm³/mol. The van der Waals surface area contributed by atoms with Gasteiger partial charge in [0.15, 0.2) is 12.4 Å². The normalized spacial score (nSPS) is 16.3. The van der Waals surface area contributed by atoms with Gasteiger partial charge in [-0.15, -0.1) is 0 Å². The van der Waals surface area contributed by atoms with Crippen molar-refractivity contribution in [2.45, 2.75) is 13.3 Å². The summed E-state index contributed by atoms with van der Waals surface area (Å²) in [5.74, 6) is -0.870. The lowest BCUT2D eigenvalue weighted by atomic mass is 10.1. The first-order valence-electron chi connectivity index (χ1n) is 8.69. The summed E-state index contributed by atoms with van der Waals surface area (Å²) in [5, 5.41) is 0. The van der Waals surface area contributed by atoms with Crippen LogP contribution in [0.5, 0.6) is 5.75 Å². The Balaban J connectivity index is 1.57. The Morgan fingerprint density at radius 1 is 1.11 bits per heavy atom. The first kappa shape index (κ1) is 18.6. The smallest absolute Gasteiger partial charge is 0.311 e. The SMILES string of the molecule is COc1ccc(C(=O)COC(=O)[C@@H]2CC(=O)N(c3ccccc3C)C2)cc1. The number of rotatable bonds is 6. The van der Waals surface area contributed by atoms with Crippen LogP contribution in [0, 0.1) is 12.8 Å². The van der Waals surface area contributed by atoms with Crippen molar-refractivity contribution in [3.05, 3.63) is 59.7 Å². The van der Waals surface area contributed by atoms with Crippen molar-refractivity contribution in [3.8, 4) is 5.75 Å². The van der Waals surface area contributed by atoms with Gasteiger partial charge in [0, 0.05) is 24.2 Å². The second-order valence-electron chi connectivity index (χ2n) is 6.45. The fourth-order valence-corrected chi connectivity index (χ4v) is 3.08. The van der Waals surface area contributed by atoms with E-state index < -0.39 is 11.9 Å². The average molecular weight is 367 g/mol. The summed E-state index contributed by atoms with van der Waals surface area (Å²) in [5.41, 5.74) is 2.20. The van der Waals surface area contributed by atoms with Crippen molar-refractivity contribution >= 4 is 23.3 Å². The van der Waals surface area contributed by atoms with Crippen LogP contribution in [0.4, 0.5) is 5.69 Å². The van der Waals surface area contributed by atoms with Crippen molar-refractivity contribution in [3.63, 3.8) is 0 Å². The minimum Gasteiger partial charge on any atom is -0.497 e. The van der Waals surface area contributed by atoms with Crippen LogP contribution < -0.4 is 9.64 Å². The van der Waals surface area contributed by atoms with Crippen molar-refractivity contribution in [1.82, 2.24) is 0 Å². The van der Waals surface area contributed by atoms with E-state index in [1.54, 1.807) is 36.3 Å². The van der Waals surface area contributed by atoms with Crippen molar-refractivity contribution in [1.29, 1.82) is 0 Å². The summed E-state index contributed by atoms with van der Waals surface area (Å²) >= 11 is 0. The first-order valence-corrected chi connectivity index (χ1v) is 8.69. The zero-order chi connectivity index (χ0) is 19.4. The van der Waals surface area contributed by atoms with Gasteiger partial charge in [0.2, 0.25) is 5.91 Å². The fourth-order valence-electron chi connectivity index (χ4n) is 3.08. The Kier molecular flexibility index (Phi) is 5.54. The van der Waals surface area contributed by atoms with E-state index in [2.05, 4.69) is 0 Å². The van der Waals surface area contributed by atoms with Crippen LogP contribution in [0.2, 0.25) is 0 Å². The van der Waals surface area contributed by atoms with Gasteiger partial charge in [-0.3, -0.25) is 14.4 Å². The van der Waals surface area contributed by atoms with Crippen LogP contribution in [0.3, 0.4) is 0 Å². The maximum absolute atomic E-state index is 12.3. The van der Waals surface area contributed by atoms with E-state index in [-0.39, 0.29) is 31.3 Å². The van der Waals surface area contributed by atoms with E-state index in [9.17, 15) is 14.4 Å². The van der Waals surface area contributed by atoms with E-state index in [1.165, 1.54) is 0 Å². The molecular weight excluding hydrogens is 346 g/mol. The molecular formula is C21H21NO5. The molecule has 3 rings (SSSR count). The summed E-state index contributed by atoms with van der Waals surface area (Å²) in [6, 6.07) is 14.1. The van der Waals surface area contributed by atoms with Crippen LogP contribution in [-0.4, -0.2) is 37.9 Å². The number of nitrogens with zero attached hydrogens (tertiary/aromatic N) is 1. The molecule has 0 aliphatic carbocycles. The average Bonchev–Trinajstić information content (AvgIpc) is 3.08. The molecule has 2 aromatic rings. The number of aryl methyl sites for hydroxylation is 1. The number of hydrogen-bond acceptors (Lipinski definition) is 5. The first-order chi connectivity index (χ1) is 13.0. The predicted octanol–water partition coefficient (Wildman–Crippen LogP) is 2.78. The zero-order valence-electron chi connectivity index (χ0n) is 15.3. The van der Waals surface area contributed by atoms with Crippen molar-refractivity contribution < 1.29 is 23.9 Å². The molecule has 0 unspecified atom stereocenters. The van der Waals surface area contributed by atoms with Crippen LogP contribution in [0.25, 0.3) is 0 Å². The zero-order valence-corrected chi connectivity index (χ0v) is 15.3. The lowest BCUT2D eigenvalue weighted by molar-refractivity contribution is -0.147. The van der Waals surface area contributed by atoms with E-state index in [1.807, 2.05) is 31.2 Å². The number of benzene rings is 2. The van der Waals surface area contributed by atoms with Gasteiger partial charge in [0.05, 0.1) is 13.0 Å². The number of carbonyl (C=O) groups excluding carboxylic acids is 3. The summed E-state index contributed by atoms with van der Waals surface area (Å²) in [6.07, 6.45) is 0.0872. The highest BCUT2D eigenvalue weighted by Crippen LogP contribution is 2.28. The minimum atomic E-state index is -0.569. The Morgan fingerprint density at radius 2 is 1.81 bits per heavy atom. The monoisotopic (exact) mass is 367 g/mol. The molecule has 1 aliphatic heterocycles. The molecule has 0 radical (unpaired) electrons. The van der Waals surface area contributed by atoms with Crippen molar-refractivity contribution in [2.75, 3.05) is 25.2 Å². The quantitative estimate of drug-likeness (QED) is 0.580. The molecule has 1 atom stereocenters. The summed E-state index contributed by atoms with van der Waals surface area (Å²) in [7, 11) is 1.54. The number of para-hydroxylation sites is 1. The van der Waals surface area contributed by atoms with Gasteiger partial charge >= 0.3 is 5.97 Å². The topological polar surface area (TPSA) is 72.9 Å². The molecule has 27 heavy (non-hydrogen) atoms. The molecule has 1 aliphatic rings. The number of hydrogen-bond donors (Lipinski definition) is 0. The van der Waals surface area contributed by atoms with Gasteiger partial charge in [-0.05, 0) is 42.8 Å². The van der Waals surface area contributed by atoms with Gasteiger partial charge in [-0.25, -0.2) is 0 Å². The summed E-state index contributed by atoms with van der Waals surface area (Å²) < 4.78 is 10.2. The standard InChI is InChI=1S/C21H21NO5/c1-14-5-3-4-6-18(14)22-12-16(11-20(22)24)21(25)27-13-19(23)15-7-9-17(26-2)10-8-15/h3-10,16H,11-13H2,1-2H3/t16-/m1/s1. The highest BCUT2D eigenvalue weighted by Gasteiger charge is 2.36. The summed E-state index contributed by atoms with van der Waals surface area (Å²) in [6.45, 7) is 1.83. The number of ketones is 1. The molecule has 0 N–H and O–H groups in total. The van der Waals surface area contributed by atoms with Crippen LogP contribution >= 0.6 is 0 Å². The lowest BCUT2D eigenvalue weighted by Crippen LogP contribution is -2.27. The molecule has 6 nitrogen and oxygen atoms in total. The van der Waals surface area contributed by atoms with Gasteiger partial charge in [0.1, 0.15) is 5.75 Å². The molecule has 1 fully saturated rings. The second-order valence-corrected chi connectivity index (χ2v) is 6.45. The molecule has 0 spiro atoms. The number of anilines is 1. The number of methoxy groups -OCH3 is 1. The summed E-state index contributed by atoms with van der Waals surface area (Å²) in [4.78, 5) is 38.4. The Hall–Kier alpha value is -3.15. The highest BCUT2D eigenvalue weighted by molar-refractivity contribution is 6.01. The molecule has 0 aromatic heterocycles. The maximum Gasteiger partial charge on any atom is 0.311 e. The molecule has 0 bridgehead atoms. The largest absolute Gasteiger partial charge is 0.497 e. The van der Waals surface area contributed by atoms with Gasteiger partial charge in [-0.2, -0.15) is 0 Å². The minimum absolute atomic E-state index is 0.0872. The maximum atomic E-state index is 12.3. The molecule has 6 heteroatoms. The van der Waals surface area contributed by atoms with Crippen LogP contribution in [0.15, 0.2) is 48.5 Å². The Bertz CT molecular complexity index is 859. The lowest BCUT2D eigenvalue weighted by Gasteiger charge is -2.18. The highest BCUT2D eigenvalue weighted by atomic mass is 16.5. The molecule has 0 saturated carbocycles. The third kappa shape index (κ3) is 4.16. The van der Waals surface area contributed by atoms with E-state index >= 15 is 0 Å². The van der Waals surface area contributed by atoms with Crippen molar-refractivity contribution in [2.24, 2.45) is 5.92 Å². The molecule has 1 amide bonds. The van der Waals surface area contributed by atoms with E-state index in [4.69, 9.17) is 9.47 Å². The molecule has 2 aromatic carbocycles. The molecule has 1 saturated heterocycles. The Morgan fingerprint density at radius 3 is 2.48 bits per heavy atom. The second kappa shape index (κ2) is 8.03. The van der Waals surface area contributed by atoms with Gasteiger partial charge < -0.3 is 14.4 Å². The molecule has 140 valence electrons. The van der Waals surface area contributed by atoms with Gasteiger partial charge in [0.25, 0.3) is 0 Å². The number of ether oxygens (including phenoxy) is 2. The number of carbonyl (C=O) groups is 3. The fraction of sp³-hybridized carbons (Fsp3) is 0.286. The molecule has 1 heterocycles. The van der Waals surface area contributed by atoms with E-state index in [0.717, 1.165) is 11.3 Å². The number of amides is 1. The third-order valence-electron chi connectivity index (χ3n) is 4.62. The van der Waals surface area contributed by atoms with Crippen LogP contribution in [-0.2, 0) is 14.3 Å². The van der Waals surface area contributed by atoms with Gasteiger partial charge in [-0.1, -0.05) is 18.2 Å².